The molecular formula is C19H24N2O4S. The first-order valence-corrected chi connectivity index (χ1v) is 9.78. The minimum atomic E-state index is -3.65. The van der Waals surface area contributed by atoms with Crippen LogP contribution in [0.15, 0.2) is 59.5 Å². The number of amides is 1. The van der Waals surface area contributed by atoms with Gasteiger partial charge in [-0.15, -0.1) is 0 Å². The third kappa shape index (κ3) is 5.57. The van der Waals surface area contributed by atoms with Gasteiger partial charge in [-0.1, -0.05) is 30.3 Å². The van der Waals surface area contributed by atoms with Gasteiger partial charge in [0.15, 0.2) is 0 Å². The molecule has 0 aliphatic heterocycles. The molecule has 2 aromatic carbocycles. The van der Waals surface area contributed by atoms with Crippen LogP contribution in [0.3, 0.4) is 0 Å². The molecule has 0 saturated carbocycles. The van der Waals surface area contributed by atoms with Crippen molar-refractivity contribution >= 4 is 15.9 Å². The van der Waals surface area contributed by atoms with Crippen molar-refractivity contribution in [2.24, 2.45) is 0 Å². The van der Waals surface area contributed by atoms with Crippen molar-refractivity contribution in [3.8, 4) is 5.75 Å². The molecule has 26 heavy (non-hydrogen) atoms. The SMILES string of the molecule is COc1ccc(CCCNC(=O)CN(C)S(=O)(=O)c2ccccc2)cc1. The topological polar surface area (TPSA) is 75.7 Å². The lowest BCUT2D eigenvalue weighted by Gasteiger charge is -2.16. The maximum atomic E-state index is 12.4. The molecule has 140 valence electrons. The highest BCUT2D eigenvalue weighted by Crippen LogP contribution is 2.13. The lowest BCUT2D eigenvalue weighted by Crippen LogP contribution is -2.38. The Labute approximate surface area is 154 Å². The number of benzene rings is 2. The van der Waals surface area contributed by atoms with Gasteiger partial charge in [0, 0.05) is 13.6 Å². The molecule has 1 amide bonds. The number of ether oxygens (including phenoxy) is 1. The molecule has 6 nitrogen and oxygen atoms in total. The normalized spacial score (nSPS) is 11.3. The maximum absolute atomic E-state index is 12.4. The van der Waals surface area contributed by atoms with E-state index in [1.165, 1.54) is 19.2 Å². The van der Waals surface area contributed by atoms with E-state index in [4.69, 9.17) is 4.74 Å². The van der Waals surface area contributed by atoms with E-state index < -0.39 is 10.0 Å². The molecule has 0 aromatic heterocycles. The van der Waals surface area contributed by atoms with Crippen LogP contribution < -0.4 is 10.1 Å². The molecule has 2 aromatic rings. The smallest absolute Gasteiger partial charge is 0.243 e. The van der Waals surface area contributed by atoms with Crippen LogP contribution in [0.25, 0.3) is 0 Å². The zero-order chi connectivity index (χ0) is 19.0. The molecule has 2 rings (SSSR count). The summed E-state index contributed by atoms with van der Waals surface area (Å²) in [5.41, 5.74) is 1.16. The van der Waals surface area contributed by atoms with Gasteiger partial charge >= 0.3 is 0 Å². The van der Waals surface area contributed by atoms with Gasteiger partial charge in [-0.2, -0.15) is 4.31 Å². The number of aryl methyl sites for hydroxylation is 1. The van der Waals surface area contributed by atoms with Crippen LogP contribution in [0.4, 0.5) is 0 Å². The first-order chi connectivity index (χ1) is 12.4. The fourth-order valence-corrected chi connectivity index (χ4v) is 3.58. The van der Waals surface area contributed by atoms with E-state index in [-0.39, 0.29) is 17.3 Å². The van der Waals surface area contributed by atoms with E-state index >= 15 is 0 Å². The number of carbonyl (C=O) groups excluding carboxylic acids is 1. The molecule has 1 N–H and O–H groups in total. The Hall–Kier alpha value is -2.38. The summed E-state index contributed by atoms with van der Waals surface area (Å²) < 4.78 is 30.9. The van der Waals surface area contributed by atoms with Gasteiger partial charge in [0.1, 0.15) is 5.75 Å². The molecule has 0 aliphatic carbocycles. The summed E-state index contributed by atoms with van der Waals surface area (Å²) in [5.74, 6) is 0.492. The summed E-state index contributed by atoms with van der Waals surface area (Å²) in [6.07, 6.45) is 1.59. The molecule has 0 saturated heterocycles. The molecule has 7 heteroatoms. The molecule has 0 heterocycles. The van der Waals surface area contributed by atoms with E-state index in [0.717, 1.165) is 28.5 Å². The van der Waals surface area contributed by atoms with Crippen LogP contribution in [0.1, 0.15) is 12.0 Å². The number of likely N-dealkylation sites (N-methyl/N-ethyl adjacent to an activating group) is 1. The van der Waals surface area contributed by atoms with Crippen molar-refractivity contribution in [2.75, 3.05) is 27.2 Å². The predicted octanol–water partition coefficient (Wildman–Crippen LogP) is 2.06. The highest BCUT2D eigenvalue weighted by atomic mass is 32.2. The fourth-order valence-electron chi connectivity index (χ4n) is 2.43. The van der Waals surface area contributed by atoms with Crippen molar-refractivity contribution in [3.63, 3.8) is 0 Å². The molecule has 0 aliphatic rings. The van der Waals surface area contributed by atoms with Gasteiger partial charge in [-0.05, 0) is 42.7 Å². The summed E-state index contributed by atoms with van der Waals surface area (Å²) in [7, 11) is -0.627. The predicted molar refractivity (Wildman–Crippen MR) is 101 cm³/mol. The van der Waals surface area contributed by atoms with E-state index in [1.807, 2.05) is 24.3 Å². The van der Waals surface area contributed by atoms with Crippen molar-refractivity contribution in [1.82, 2.24) is 9.62 Å². The van der Waals surface area contributed by atoms with E-state index in [1.54, 1.807) is 25.3 Å². The van der Waals surface area contributed by atoms with Gasteiger partial charge in [0.2, 0.25) is 15.9 Å². The van der Waals surface area contributed by atoms with E-state index in [0.29, 0.717) is 6.54 Å². The number of carbonyl (C=O) groups is 1. The fraction of sp³-hybridized carbons (Fsp3) is 0.316. The Balaban J connectivity index is 1.76. The van der Waals surface area contributed by atoms with E-state index in [2.05, 4.69) is 5.32 Å². The highest BCUT2D eigenvalue weighted by molar-refractivity contribution is 7.89. The average molecular weight is 376 g/mol. The number of nitrogens with zero attached hydrogens (tertiary/aromatic N) is 1. The van der Waals surface area contributed by atoms with Gasteiger partial charge in [-0.3, -0.25) is 4.79 Å². The third-order valence-corrected chi connectivity index (χ3v) is 5.76. The van der Waals surface area contributed by atoms with Crippen LogP contribution in [0.5, 0.6) is 5.75 Å². The Morgan fingerprint density at radius 3 is 2.35 bits per heavy atom. The van der Waals surface area contributed by atoms with E-state index in [9.17, 15) is 13.2 Å². The Morgan fingerprint density at radius 1 is 1.08 bits per heavy atom. The maximum Gasteiger partial charge on any atom is 0.243 e. The van der Waals surface area contributed by atoms with Gasteiger partial charge < -0.3 is 10.1 Å². The van der Waals surface area contributed by atoms with Crippen molar-refractivity contribution in [3.05, 3.63) is 60.2 Å². The minimum Gasteiger partial charge on any atom is -0.497 e. The minimum absolute atomic E-state index is 0.176. The third-order valence-electron chi connectivity index (χ3n) is 3.94. The van der Waals surface area contributed by atoms with Crippen LogP contribution in [0.2, 0.25) is 0 Å². The van der Waals surface area contributed by atoms with Gasteiger partial charge in [0.05, 0.1) is 18.6 Å². The first-order valence-electron chi connectivity index (χ1n) is 8.34. The monoisotopic (exact) mass is 376 g/mol. The largest absolute Gasteiger partial charge is 0.497 e. The lowest BCUT2D eigenvalue weighted by molar-refractivity contribution is -0.121. The second-order valence-corrected chi connectivity index (χ2v) is 7.92. The molecule has 0 atom stereocenters. The first kappa shape index (κ1) is 19.9. The number of nitrogens with one attached hydrogen (secondary N) is 1. The molecule has 0 radical (unpaired) electrons. The number of hydrogen-bond donors (Lipinski definition) is 1. The quantitative estimate of drug-likeness (QED) is 0.680. The summed E-state index contributed by atoms with van der Waals surface area (Å²) >= 11 is 0. The number of rotatable bonds is 9. The number of hydrogen-bond acceptors (Lipinski definition) is 4. The molecular weight excluding hydrogens is 352 g/mol. The van der Waals surface area contributed by atoms with Gasteiger partial charge in [-0.25, -0.2) is 8.42 Å². The zero-order valence-corrected chi connectivity index (χ0v) is 15.8. The number of sulfonamides is 1. The van der Waals surface area contributed by atoms with Crippen LogP contribution in [-0.2, 0) is 21.2 Å². The van der Waals surface area contributed by atoms with Gasteiger partial charge in [0.25, 0.3) is 0 Å². The number of methoxy groups -OCH3 is 1. The second kappa shape index (κ2) is 9.35. The summed E-state index contributed by atoms with van der Waals surface area (Å²) in [4.78, 5) is 12.2. The molecule has 0 fully saturated rings. The lowest BCUT2D eigenvalue weighted by atomic mass is 10.1. The summed E-state index contributed by atoms with van der Waals surface area (Å²) in [6.45, 7) is 0.282. The Bertz CT molecular complexity index is 805. The highest BCUT2D eigenvalue weighted by Gasteiger charge is 2.22. The zero-order valence-electron chi connectivity index (χ0n) is 15.0. The second-order valence-electron chi connectivity index (χ2n) is 5.88. The molecule has 0 spiro atoms. The average Bonchev–Trinajstić information content (AvgIpc) is 2.66. The molecule has 0 bridgehead atoms. The van der Waals surface area contributed by atoms with Crippen molar-refractivity contribution in [1.29, 1.82) is 0 Å². The standard InChI is InChI=1S/C19H24N2O4S/c1-21(26(23,24)18-8-4-3-5-9-18)15-19(22)20-14-6-7-16-10-12-17(25-2)13-11-16/h3-5,8-13H,6-7,14-15H2,1-2H3,(H,20,22). The van der Waals surface area contributed by atoms with Crippen molar-refractivity contribution < 1.29 is 17.9 Å². The Morgan fingerprint density at radius 2 is 1.73 bits per heavy atom. The Kier molecular flexibility index (Phi) is 7.17. The van der Waals surface area contributed by atoms with Crippen LogP contribution in [-0.4, -0.2) is 45.9 Å². The summed E-state index contributed by atoms with van der Waals surface area (Å²) in [5, 5.41) is 2.76. The van der Waals surface area contributed by atoms with Crippen molar-refractivity contribution in [2.45, 2.75) is 17.7 Å². The summed E-state index contributed by atoms with van der Waals surface area (Å²) in [6, 6.07) is 15.8. The van der Waals surface area contributed by atoms with Crippen LogP contribution in [0, 0.1) is 0 Å². The van der Waals surface area contributed by atoms with Crippen LogP contribution >= 0.6 is 0 Å². The molecule has 0 unspecified atom stereocenters.